The molecule has 0 aromatic heterocycles. The van der Waals surface area contributed by atoms with Gasteiger partial charge in [0.2, 0.25) is 0 Å². The summed E-state index contributed by atoms with van der Waals surface area (Å²) in [6.07, 6.45) is 2.06. The summed E-state index contributed by atoms with van der Waals surface area (Å²) in [5, 5.41) is 17.3. The number of nitrogens with one attached hydrogen (secondary N) is 2. The number of non-ortho nitro benzene ring substituents is 1. The van der Waals surface area contributed by atoms with Gasteiger partial charge in [0, 0.05) is 31.0 Å². The van der Waals surface area contributed by atoms with Crippen molar-refractivity contribution in [2.24, 2.45) is 4.99 Å². The normalized spacial score (nSPS) is 11.2. The molecule has 138 valence electrons. The lowest BCUT2D eigenvalue weighted by atomic mass is 10.1. The van der Waals surface area contributed by atoms with Crippen LogP contribution in [0.25, 0.3) is 0 Å². The number of thioether (sulfide) groups is 1. The second-order valence-corrected chi connectivity index (χ2v) is 6.83. The van der Waals surface area contributed by atoms with Gasteiger partial charge in [-0.05, 0) is 24.3 Å². The van der Waals surface area contributed by atoms with Crippen LogP contribution in [0.4, 0.5) is 5.69 Å². The van der Waals surface area contributed by atoms with E-state index in [9.17, 15) is 10.1 Å². The number of hydrogen-bond acceptors (Lipinski definition) is 4. The molecule has 0 amide bonds. The smallest absolute Gasteiger partial charge is 0.269 e. The van der Waals surface area contributed by atoms with E-state index >= 15 is 0 Å². The van der Waals surface area contributed by atoms with E-state index in [1.54, 1.807) is 23.9 Å². The Morgan fingerprint density at radius 2 is 1.73 bits per heavy atom. The number of benzene rings is 2. The third-order valence-corrected chi connectivity index (χ3v) is 4.36. The van der Waals surface area contributed by atoms with Gasteiger partial charge in [0.05, 0.1) is 11.5 Å². The summed E-state index contributed by atoms with van der Waals surface area (Å²) in [6.45, 7) is 4.03. The van der Waals surface area contributed by atoms with Gasteiger partial charge in [-0.15, -0.1) is 0 Å². The van der Waals surface area contributed by atoms with E-state index in [-0.39, 0.29) is 5.69 Å². The molecule has 0 unspecified atom stereocenters. The highest BCUT2D eigenvalue weighted by Gasteiger charge is 2.05. The van der Waals surface area contributed by atoms with E-state index in [2.05, 4.69) is 53.1 Å². The van der Waals surface area contributed by atoms with E-state index in [0.29, 0.717) is 13.1 Å². The Hall–Kier alpha value is -2.54. The zero-order chi connectivity index (χ0) is 18.8. The van der Waals surface area contributed by atoms with Gasteiger partial charge in [-0.1, -0.05) is 42.0 Å². The molecule has 7 heteroatoms. The lowest BCUT2D eigenvalue weighted by molar-refractivity contribution is -0.384. The van der Waals surface area contributed by atoms with Crippen LogP contribution in [0.5, 0.6) is 0 Å². The molecule has 0 fully saturated rings. The standard InChI is InChI=1S/C19H24N4O2S/c1-15-3-5-16(6-4-15)13-21-19(20-11-12-26-2)22-14-17-7-9-18(10-8-17)23(24)25/h3-10H,11-14H2,1-2H3,(H2,20,21,22). The van der Waals surface area contributed by atoms with Gasteiger partial charge >= 0.3 is 0 Å². The number of aryl methyl sites for hydroxylation is 1. The second kappa shape index (κ2) is 10.5. The molecule has 2 N–H and O–H groups in total. The van der Waals surface area contributed by atoms with Crippen LogP contribution in [0, 0.1) is 17.0 Å². The summed E-state index contributed by atoms with van der Waals surface area (Å²) in [4.78, 5) is 15.0. The molecule has 0 atom stereocenters. The molecule has 2 aromatic carbocycles. The number of rotatable bonds is 8. The van der Waals surface area contributed by atoms with E-state index in [1.165, 1.54) is 17.7 Å². The molecule has 2 rings (SSSR count). The average molecular weight is 372 g/mol. The molecule has 0 radical (unpaired) electrons. The Kier molecular flexibility index (Phi) is 7.95. The van der Waals surface area contributed by atoms with Crippen molar-refractivity contribution in [1.82, 2.24) is 10.6 Å². The Morgan fingerprint density at radius 1 is 1.08 bits per heavy atom. The van der Waals surface area contributed by atoms with Gasteiger partial charge in [0.1, 0.15) is 0 Å². The van der Waals surface area contributed by atoms with Crippen LogP contribution in [0.3, 0.4) is 0 Å². The highest BCUT2D eigenvalue weighted by Crippen LogP contribution is 2.11. The first-order chi connectivity index (χ1) is 12.6. The molecule has 2 aromatic rings. The van der Waals surface area contributed by atoms with Gasteiger partial charge < -0.3 is 10.6 Å². The lowest BCUT2D eigenvalue weighted by Gasteiger charge is -2.12. The molecule has 0 aliphatic carbocycles. The van der Waals surface area contributed by atoms with Crippen molar-refractivity contribution in [1.29, 1.82) is 0 Å². The molecule has 0 aliphatic rings. The predicted molar refractivity (Wildman–Crippen MR) is 109 cm³/mol. The fourth-order valence-electron chi connectivity index (χ4n) is 2.23. The number of nitro groups is 1. The highest BCUT2D eigenvalue weighted by molar-refractivity contribution is 7.98. The SMILES string of the molecule is CSCCNC(=NCc1ccc(C)cc1)NCc1ccc([N+](=O)[O-])cc1. The van der Waals surface area contributed by atoms with Gasteiger partial charge in [0.15, 0.2) is 5.96 Å². The molecule has 0 heterocycles. The monoisotopic (exact) mass is 372 g/mol. The van der Waals surface area contributed by atoms with Crippen LogP contribution in [0.2, 0.25) is 0 Å². The molecule has 0 spiro atoms. The fraction of sp³-hybridized carbons (Fsp3) is 0.316. The Balaban J connectivity index is 1.97. The first-order valence-electron chi connectivity index (χ1n) is 8.38. The summed E-state index contributed by atoms with van der Waals surface area (Å²) < 4.78 is 0. The minimum Gasteiger partial charge on any atom is -0.356 e. The van der Waals surface area contributed by atoms with Crippen molar-refractivity contribution in [3.63, 3.8) is 0 Å². The third kappa shape index (κ3) is 6.76. The summed E-state index contributed by atoms with van der Waals surface area (Å²) in [6, 6.07) is 14.9. The maximum atomic E-state index is 10.7. The molecule has 0 aliphatic heterocycles. The Bertz CT molecular complexity index is 730. The topological polar surface area (TPSA) is 79.6 Å². The third-order valence-electron chi connectivity index (χ3n) is 3.75. The molecule has 26 heavy (non-hydrogen) atoms. The van der Waals surface area contributed by atoms with Crippen molar-refractivity contribution in [3.05, 3.63) is 75.3 Å². The van der Waals surface area contributed by atoms with Crippen molar-refractivity contribution < 1.29 is 4.92 Å². The van der Waals surface area contributed by atoms with Crippen molar-refractivity contribution in [3.8, 4) is 0 Å². The first kappa shape index (κ1) is 19.8. The summed E-state index contributed by atoms with van der Waals surface area (Å²) in [5.41, 5.74) is 3.44. The van der Waals surface area contributed by atoms with Crippen molar-refractivity contribution in [2.75, 3.05) is 18.6 Å². The number of aliphatic imine (C=N–C) groups is 1. The number of nitro benzene ring substituents is 1. The Morgan fingerprint density at radius 3 is 2.35 bits per heavy atom. The molecule has 0 saturated carbocycles. The minimum atomic E-state index is -0.393. The zero-order valence-electron chi connectivity index (χ0n) is 15.1. The van der Waals surface area contributed by atoms with E-state index in [0.717, 1.165) is 29.4 Å². The van der Waals surface area contributed by atoms with Crippen LogP contribution in [0.1, 0.15) is 16.7 Å². The minimum absolute atomic E-state index is 0.0973. The maximum Gasteiger partial charge on any atom is 0.269 e. The molecule has 0 saturated heterocycles. The number of guanidine groups is 1. The van der Waals surface area contributed by atoms with E-state index in [4.69, 9.17) is 0 Å². The van der Waals surface area contributed by atoms with Gasteiger partial charge in [0.25, 0.3) is 5.69 Å². The van der Waals surface area contributed by atoms with Gasteiger partial charge in [-0.2, -0.15) is 11.8 Å². The quantitative estimate of drug-likeness (QED) is 0.244. The maximum absolute atomic E-state index is 10.7. The summed E-state index contributed by atoms with van der Waals surface area (Å²) in [7, 11) is 0. The molecular weight excluding hydrogens is 348 g/mol. The average Bonchev–Trinajstić information content (AvgIpc) is 2.65. The Labute approximate surface area is 158 Å². The van der Waals surface area contributed by atoms with E-state index < -0.39 is 4.92 Å². The fourth-order valence-corrected chi connectivity index (χ4v) is 2.54. The van der Waals surface area contributed by atoms with Crippen LogP contribution in [0.15, 0.2) is 53.5 Å². The van der Waals surface area contributed by atoms with Crippen LogP contribution in [-0.2, 0) is 13.1 Å². The number of nitrogens with zero attached hydrogens (tertiary/aromatic N) is 2. The number of hydrogen-bond donors (Lipinski definition) is 2. The van der Waals surface area contributed by atoms with Crippen molar-refractivity contribution >= 4 is 23.4 Å². The van der Waals surface area contributed by atoms with Crippen LogP contribution >= 0.6 is 11.8 Å². The first-order valence-corrected chi connectivity index (χ1v) is 9.78. The molecule has 0 bridgehead atoms. The predicted octanol–water partition coefficient (Wildman–Crippen LogP) is 3.50. The zero-order valence-corrected chi connectivity index (χ0v) is 15.9. The largest absolute Gasteiger partial charge is 0.356 e. The summed E-state index contributed by atoms with van der Waals surface area (Å²) in [5.74, 6) is 1.72. The summed E-state index contributed by atoms with van der Waals surface area (Å²) >= 11 is 1.77. The van der Waals surface area contributed by atoms with Crippen molar-refractivity contribution in [2.45, 2.75) is 20.0 Å². The van der Waals surface area contributed by atoms with Crippen LogP contribution < -0.4 is 10.6 Å². The second-order valence-electron chi connectivity index (χ2n) is 5.85. The highest BCUT2D eigenvalue weighted by atomic mass is 32.2. The van der Waals surface area contributed by atoms with Gasteiger partial charge in [-0.25, -0.2) is 4.99 Å². The van der Waals surface area contributed by atoms with Gasteiger partial charge in [-0.3, -0.25) is 10.1 Å². The van der Waals surface area contributed by atoms with Crippen LogP contribution in [-0.4, -0.2) is 29.4 Å². The molecule has 6 nitrogen and oxygen atoms in total. The van der Waals surface area contributed by atoms with E-state index in [1.807, 2.05) is 0 Å². The lowest BCUT2D eigenvalue weighted by Crippen LogP contribution is -2.38. The molecular formula is C19H24N4O2S.